The van der Waals surface area contributed by atoms with E-state index in [1.165, 1.54) is 6.26 Å². The number of sulfone groups is 1. The van der Waals surface area contributed by atoms with E-state index in [9.17, 15) is 13.2 Å². The molecule has 0 bridgehead atoms. The number of carbonyl (C=O) groups is 1. The van der Waals surface area contributed by atoms with Gasteiger partial charge in [-0.25, -0.2) is 8.42 Å². The third-order valence-corrected chi connectivity index (χ3v) is 4.02. The van der Waals surface area contributed by atoms with E-state index in [0.717, 1.165) is 11.6 Å². The zero-order valence-corrected chi connectivity index (χ0v) is 10.5. The second-order valence-corrected chi connectivity index (χ2v) is 6.99. The lowest BCUT2D eigenvalue weighted by Crippen LogP contribution is -2.47. The van der Waals surface area contributed by atoms with E-state index in [1.54, 1.807) is 18.7 Å². The van der Waals surface area contributed by atoms with Gasteiger partial charge in [0.2, 0.25) is 5.91 Å². The minimum absolute atomic E-state index is 0.0153. The molecule has 0 radical (unpaired) electrons. The van der Waals surface area contributed by atoms with Crippen LogP contribution in [0.3, 0.4) is 0 Å². The first-order valence-corrected chi connectivity index (χ1v) is 7.89. The highest BCUT2D eigenvalue weighted by Gasteiger charge is 2.24. The maximum absolute atomic E-state index is 11.6. The fraction of sp³-hybridized carbons (Fsp3) is 0.875. The van der Waals surface area contributed by atoms with Crippen molar-refractivity contribution in [1.29, 1.82) is 0 Å². The predicted octanol–water partition coefficient (Wildman–Crippen LogP) is -0.802. The van der Waals surface area contributed by atoms with Crippen molar-refractivity contribution in [2.24, 2.45) is 0 Å². The van der Waals surface area contributed by atoms with Gasteiger partial charge in [-0.05, 0) is 6.92 Å². The summed E-state index contributed by atoms with van der Waals surface area (Å²) in [6.45, 7) is 1.70. The largest absolute Gasteiger partial charge is 0.351 e. The Morgan fingerprint density at radius 2 is 2.33 bits per heavy atom. The Morgan fingerprint density at radius 1 is 1.67 bits per heavy atom. The van der Waals surface area contributed by atoms with E-state index in [2.05, 4.69) is 10.6 Å². The van der Waals surface area contributed by atoms with Crippen LogP contribution in [0.1, 0.15) is 6.92 Å². The van der Waals surface area contributed by atoms with Gasteiger partial charge >= 0.3 is 0 Å². The smallest absolute Gasteiger partial charge is 0.238 e. The van der Waals surface area contributed by atoms with Gasteiger partial charge in [0, 0.05) is 23.9 Å². The van der Waals surface area contributed by atoms with Gasteiger partial charge in [-0.2, -0.15) is 0 Å². The van der Waals surface area contributed by atoms with E-state index < -0.39 is 9.84 Å². The van der Waals surface area contributed by atoms with Crippen LogP contribution >= 0.6 is 11.8 Å². The molecule has 0 aromatic carbocycles. The summed E-state index contributed by atoms with van der Waals surface area (Å²) in [5.74, 6) is 1.39. The molecule has 0 aliphatic carbocycles. The Labute approximate surface area is 94.3 Å². The monoisotopic (exact) mass is 252 g/mol. The van der Waals surface area contributed by atoms with Gasteiger partial charge in [0.05, 0.1) is 11.8 Å². The van der Waals surface area contributed by atoms with E-state index in [0.29, 0.717) is 0 Å². The first-order chi connectivity index (χ1) is 6.88. The molecule has 1 aliphatic heterocycles. The second-order valence-electron chi connectivity index (χ2n) is 3.77. The van der Waals surface area contributed by atoms with Crippen LogP contribution in [0, 0.1) is 0 Å². The summed E-state index contributed by atoms with van der Waals surface area (Å²) in [6, 6.07) is -0.517. The van der Waals surface area contributed by atoms with Crippen LogP contribution in [0.5, 0.6) is 0 Å². The number of hydrogen-bond donors (Lipinski definition) is 2. The quantitative estimate of drug-likeness (QED) is 0.685. The molecule has 1 aliphatic rings. The van der Waals surface area contributed by atoms with Gasteiger partial charge in [0.25, 0.3) is 0 Å². The summed E-state index contributed by atoms with van der Waals surface area (Å²) in [7, 11) is -3.03. The van der Waals surface area contributed by atoms with Gasteiger partial charge in [-0.3, -0.25) is 10.1 Å². The lowest BCUT2D eigenvalue weighted by molar-refractivity contribution is -0.122. The van der Waals surface area contributed by atoms with Crippen LogP contribution in [-0.2, 0) is 14.6 Å². The molecule has 1 amide bonds. The Kier molecular flexibility index (Phi) is 4.42. The van der Waals surface area contributed by atoms with Crippen molar-refractivity contribution in [3.63, 3.8) is 0 Å². The lowest BCUT2D eigenvalue weighted by Gasteiger charge is -2.15. The van der Waals surface area contributed by atoms with Crippen molar-refractivity contribution in [3.8, 4) is 0 Å². The first kappa shape index (κ1) is 12.8. The standard InChI is InChI=1S/C8H16N2O3S2/c1-6(4-15(2,12)13)10-8(11)7-3-14-5-9-7/h6-7,9H,3-5H2,1-2H3,(H,10,11)/t6?,7-/m1/s1. The molecule has 1 heterocycles. The molecule has 15 heavy (non-hydrogen) atoms. The Morgan fingerprint density at radius 3 is 2.80 bits per heavy atom. The topological polar surface area (TPSA) is 75.3 Å². The van der Waals surface area contributed by atoms with Crippen molar-refractivity contribution in [2.45, 2.75) is 19.0 Å². The van der Waals surface area contributed by atoms with E-state index in [4.69, 9.17) is 0 Å². The molecule has 5 nitrogen and oxygen atoms in total. The van der Waals surface area contributed by atoms with Crippen molar-refractivity contribution in [2.75, 3.05) is 23.6 Å². The number of thioether (sulfide) groups is 1. The minimum Gasteiger partial charge on any atom is -0.351 e. The van der Waals surface area contributed by atoms with Crippen LogP contribution in [-0.4, -0.2) is 50.0 Å². The Hall–Kier alpha value is -0.270. The molecule has 1 saturated heterocycles. The maximum atomic E-state index is 11.6. The third-order valence-electron chi connectivity index (χ3n) is 1.97. The van der Waals surface area contributed by atoms with Crippen molar-refractivity contribution in [1.82, 2.24) is 10.6 Å². The molecule has 1 unspecified atom stereocenters. The van der Waals surface area contributed by atoms with Crippen LogP contribution in [0.25, 0.3) is 0 Å². The SMILES string of the molecule is CC(CS(C)(=O)=O)NC(=O)[C@H]1CSCN1. The van der Waals surface area contributed by atoms with E-state index in [1.807, 2.05) is 0 Å². The lowest BCUT2D eigenvalue weighted by atomic mass is 10.3. The van der Waals surface area contributed by atoms with Crippen LogP contribution in [0.15, 0.2) is 0 Å². The van der Waals surface area contributed by atoms with Crippen molar-refractivity contribution in [3.05, 3.63) is 0 Å². The molecule has 0 aromatic rings. The van der Waals surface area contributed by atoms with Crippen LogP contribution in [0.2, 0.25) is 0 Å². The second kappa shape index (κ2) is 5.18. The van der Waals surface area contributed by atoms with Gasteiger partial charge in [0.1, 0.15) is 9.84 Å². The van der Waals surface area contributed by atoms with Crippen LogP contribution < -0.4 is 10.6 Å². The number of amides is 1. The average Bonchev–Trinajstić information content (AvgIpc) is 2.50. The summed E-state index contributed by atoms with van der Waals surface area (Å²) in [4.78, 5) is 11.6. The highest BCUT2D eigenvalue weighted by molar-refractivity contribution is 7.99. The Balaban J connectivity index is 2.37. The molecule has 2 atom stereocenters. The highest BCUT2D eigenvalue weighted by Crippen LogP contribution is 2.09. The summed E-state index contributed by atoms with van der Waals surface area (Å²) in [6.07, 6.45) is 1.17. The fourth-order valence-electron chi connectivity index (χ4n) is 1.40. The molecule has 0 aromatic heterocycles. The predicted molar refractivity (Wildman–Crippen MR) is 61.6 cm³/mol. The van der Waals surface area contributed by atoms with Crippen LogP contribution in [0.4, 0.5) is 0 Å². The highest BCUT2D eigenvalue weighted by atomic mass is 32.2. The summed E-state index contributed by atoms with van der Waals surface area (Å²) >= 11 is 1.66. The summed E-state index contributed by atoms with van der Waals surface area (Å²) < 4.78 is 21.9. The van der Waals surface area contributed by atoms with Gasteiger partial charge in [0.15, 0.2) is 0 Å². The minimum atomic E-state index is -3.03. The summed E-state index contributed by atoms with van der Waals surface area (Å²) in [5, 5.41) is 5.71. The number of nitrogens with one attached hydrogen (secondary N) is 2. The number of carbonyl (C=O) groups excluding carboxylic acids is 1. The maximum Gasteiger partial charge on any atom is 0.238 e. The molecule has 7 heteroatoms. The zero-order chi connectivity index (χ0) is 11.5. The number of hydrogen-bond acceptors (Lipinski definition) is 5. The summed E-state index contributed by atoms with van der Waals surface area (Å²) in [5.41, 5.74) is 0. The molecule has 0 spiro atoms. The van der Waals surface area contributed by atoms with Crippen molar-refractivity contribution < 1.29 is 13.2 Å². The number of rotatable bonds is 4. The van der Waals surface area contributed by atoms with Crippen molar-refractivity contribution >= 4 is 27.5 Å². The molecule has 0 saturated carbocycles. The Bertz CT molecular complexity index is 323. The fourth-order valence-corrected chi connectivity index (χ4v) is 3.34. The molecular weight excluding hydrogens is 236 g/mol. The molecule has 1 fully saturated rings. The van der Waals surface area contributed by atoms with Gasteiger partial charge in [-0.1, -0.05) is 0 Å². The van der Waals surface area contributed by atoms with E-state index >= 15 is 0 Å². The molecule has 88 valence electrons. The molecule has 2 N–H and O–H groups in total. The molecular formula is C8H16N2O3S2. The first-order valence-electron chi connectivity index (χ1n) is 4.68. The van der Waals surface area contributed by atoms with E-state index in [-0.39, 0.29) is 23.7 Å². The third kappa shape index (κ3) is 4.85. The zero-order valence-electron chi connectivity index (χ0n) is 8.82. The normalized spacial score (nSPS) is 23.7. The van der Waals surface area contributed by atoms with Gasteiger partial charge in [-0.15, -0.1) is 11.8 Å². The average molecular weight is 252 g/mol. The molecule has 1 rings (SSSR count). The van der Waals surface area contributed by atoms with Gasteiger partial charge < -0.3 is 5.32 Å².